The van der Waals surface area contributed by atoms with E-state index in [0.717, 1.165) is 19.1 Å². The van der Waals surface area contributed by atoms with E-state index in [1.165, 1.54) is 32.1 Å². The number of nitrogens with one attached hydrogen (secondary N) is 1. The van der Waals surface area contributed by atoms with Crippen LogP contribution in [-0.2, 0) is 4.74 Å². The molecular formula is C10H22N2O. The average molecular weight is 186 g/mol. The summed E-state index contributed by atoms with van der Waals surface area (Å²) in [6.07, 6.45) is 6.73. The van der Waals surface area contributed by atoms with Gasteiger partial charge in [0.1, 0.15) is 0 Å². The molecule has 0 amide bonds. The van der Waals surface area contributed by atoms with Crippen LogP contribution in [-0.4, -0.2) is 19.3 Å². The topological polar surface area (TPSA) is 47.3 Å². The fourth-order valence-corrected chi connectivity index (χ4v) is 2.09. The fourth-order valence-electron chi connectivity index (χ4n) is 2.09. The van der Waals surface area contributed by atoms with E-state index in [-0.39, 0.29) is 0 Å². The second-order valence-corrected chi connectivity index (χ2v) is 3.91. The zero-order valence-corrected chi connectivity index (χ0v) is 8.59. The van der Waals surface area contributed by atoms with Gasteiger partial charge in [-0.05, 0) is 19.3 Å². The van der Waals surface area contributed by atoms with Gasteiger partial charge in [0.15, 0.2) is 0 Å². The summed E-state index contributed by atoms with van der Waals surface area (Å²) in [7, 11) is 0. The molecule has 3 nitrogen and oxygen atoms in total. The molecule has 1 aliphatic rings. The minimum absolute atomic E-state index is 0.350. The standard InChI is InChI=1S/C10H22N2O/c1-2-13-8-10(12-11)7-9-5-3-4-6-9/h9-10,12H,2-8,11H2,1H3. The first-order valence-electron chi connectivity index (χ1n) is 5.40. The van der Waals surface area contributed by atoms with E-state index in [1.54, 1.807) is 0 Å². The maximum atomic E-state index is 5.46. The van der Waals surface area contributed by atoms with Gasteiger partial charge in [-0.3, -0.25) is 11.3 Å². The molecule has 0 heterocycles. The largest absolute Gasteiger partial charge is 0.380 e. The molecule has 3 heteroatoms. The summed E-state index contributed by atoms with van der Waals surface area (Å²) in [4.78, 5) is 0. The molecule has 13 heavy (non-hydrogen) atoms. The Morgan fingerprint density at radius 2 is 2.15 bits per heavy atom. The SMILES string of the molecule is CCOCC(CC1CCCC1)NN. The van der Waals surface area contributed by atoms with Crippen molar-refractivity contribution in [1.29, 1.82) is 0 Å². The van der Waals surface area contributed by atoms with Crippen LogP contribution in [0.25, 0.3) is 0 Å². The fraction of sp³-hybridized carbons (Fsp3) is 1.00. The van der Waals surface area contributed by atoms with E-state index in [0.29, 0.717) is 6.04 Å². The predicted octanol–water partition coefficient (Wildman–Crippen LogP) is 1.44. The van der Waals surface area contributed by atoms with Crippen molar-refractivity contribution < 1.29 is 4.74 Å². The van der Waals surface area contributed by atoms with Gasteiger partial charge in [-0.1, -0.05) is 25.7 Å². The lowest BCUT2D eigenvalue weighted by Crippen LogP contribution is -2.39. The highest BCUT2D eigenvalue weighted by atomic mass is 16.5. The van der Waals surface area contributed by atoms with Crippen LogP contribution in [0.4, 0.5) is 0 Å². The van der Waals surface area contributed by atoms with Crippen molar-refractivity contribution in [2.75, 3.05) is 13.2 Å². The third-order valence-electron chi connectivity index (χ3n) is 2.85. The van der Waals surface area contributed by atoms with Gasteiger partial charge < -0.3 is 4.74 Å². The van der Waals surface area contributed by atoms with E-state index in [4.69, 9.17) is 10.6 Å². The Hall–Kier alpha value is -0.120. The number of ether oxygens (including phenoxy) is 1. The summed E-state index contributed by atoms with van der Waals surface area (Å²) in [5.74, 6) is 6.34. The van der Waals surface area contributed by atoms with E-state index >= 15 is 0 Å². The summed E-state index contributed by atoms with van der Waals surface area (Å²) in [6.45, 7) is 3.55. The zero-order valence-electron chi connectivity index (χ0n) is 8.59. The number of hydrazine groups is 1. The van der Waals surface area contributed by atoms with Crippen molar-refractivity contribution >= 4 is 0 Å². The third-order valence-corrected chi connectivity index (χ3v) is 2.85. The summed E-state index contributed by atoms with van der Waals surface area (Å²) in [5.41, 5.74) is 2.84. The van der Waals surface area contributed by atoms with Gasteiger partial charge in [0.25, 0.3) is 0 Å². The van der Waals surface area contributed by atoms with Crippen LogP contribution in [0.2, 0.25) is 0 Å². The Bertz CT molecular complexity index is 124. The van der Waals surface area contributed by atoms with Crippen molar-refractivity contribution in [2.45, 2.75) is 45.1 Å². The number of hydrogen-bond donors (Lipinski definition) is 2. The molecule has 0 aliphatic heterocycles. The Labute approximate surface area is 81.0 Å². The molecule has 1 rings (SSSR count). The highest BCUT2D eigenvalue weighted by Gasteiger charge is 2.19. The number of hydrogen-bond acceptors (Lipinski definition) is 3. The minimum Gasteiger partial charge on any atom is -0.380 e. The molecule has 0 aromatic heterocycles. The second kappa shape index (κ2) is 6.35. The molecule has 0 aromatic rings. The van der Waals surface area contributed by atoms with Crippen LogP contribution in [0, 0.1) is 5.92 Å². The van der Waals surface area contributed by atoms with Gasteiger partial charge in [-0.2, -0.15) is 0 Å². The molecule has 3 N–H and O–H groups in total. The molecule has 1 aliphatic carbocycles. The molecule has 1 fully saturated rings. The first-order chi connectivity index (χ1) is 6.36. The van der Waals surface area contributed by atoms with E-state index < -0.39 is 0 Å². The van der Waals surface area contributed by atoms with Gasteiger partial charge in [0, 0.05) is 12.6 Å². The lowest BCUT2D eigenvalue weighted by Gasteiger charge is -2.19. The summed E-state index contributed by atoms with van der Waals surface area (Å²) >= 11 is 0. The maximum Gasteiger partial charge on any atom is 0.0633 e. The highest BCUT2D eigenvalue weighted by Crippen LogP contribution is 2.28. The second-order valence-electron chi connectivity index (χ2n) is 3.91. The molecule has 1 saturated carbocycles. The molecule has 1 unspecified atom stereocenters. The summed E-state index contributed by atoms with van der Waals surface area (Å²) in [6, 6.07) is 0.350. The Morgan fingerprint density at radius 3 is 2.69 bits per heavy atom. The minimum atomic E-state index is 0.350. The van der Waals surface area contributed by atoms with Crippen molar-refractivity contribution in [1.82, 2.24) is 5.43 Å². The van der Waals surface area contributed by atoms with Gasteiger partial charge in [-0.15, -0.1) is 0 Å². The average Bonchev–Trinajstić information content (AvgIpc) is 2.64. The molecule has 1 atom stereocenters. The van der Waals surface area contributed by atoms with E-state index in [2.05, 4.69) is 5.43 Å². The highest BCUT2D eigenvalue weighted by molar-refractivity contribution is 4.73. The molecule has 78 valence electrons. The van der Waals surface area contributed by atoms with Crippen LogP contribution >= 0.6 is 0 Å². The number of rotatable bonds is 6. The van der Waals surface area contributed by atoms with Gasteiger partial charge >= 0.3 is 0 Å². The Balaban J connectivity index is 2.13. The summed E-state index contributed by atoms with van der Waals surface area (Å²) < 4.78 is 5.35. The molecule has 0 aromatic carbocycles. The van der Waals surface area contributed by atoms with E-state index in [9.17, 15) is 0 Å². The molecule has 0 spiro atoms. The first-order valence-corrected chi connectivity index (χ1v) is 5.40. The molecule has 0 saturated heterocycles. The van der Waals surface area contributed by atoms with Gasteiger partial charge in [-0.25, -0.2) is 0 Å². The van der Waals surface area contributed by atoms with Crippen LogP contribution in [0.3, 0.4) is 0 Å². The van der Waals surface area contributed by atoms with Gasteiger partial charge in [0.2, 0.25) is 0 Å². The first kappa shape index (κ1) is 11.0. The lowest BCUT2D eigenvalue weighted by atomic mass is 9.99. The van der Waals surface area contributed by atoms with Crippen LogP contribution in [0.5, 0.6) is 0 Å². The predicted molar refractivity (Wildman–Crippen MR) is 54.2 cm³/mol. The Morgan fingerprint density at radius 1 is 1.46 bits per heavy atom. The van der Waals surface area contributed by atoms with Gasteiger partial charge in [0.05, 0.1) is 6.61 Å². The van der Waals surface area contributed by atoms with Crippen LogP contribution < -0.4 is 11.3 Å². The normalized spacial score (nSPS) is 20.8. The molecule has 0 bridgehead atoms. The van der Waals surface area contributed by atoms with Crippen molar-refractivity contribution in [3.05, 3.63) is 0 Å². The van der Waals surface area contributed by atoms with Crippen molar-refractivity contribution in [3.63, 3.8) is 0 Å². The zero-order chi connectivity index (χ0) is 9.52. The molecule has 0 radical (unpaired) electrons. The van der Waals surface area contributed by atoms with Crippen LogP contribution in [0.1, 0.15) is 39.0 Å². The summed E-state index contributed by atoms with van der Waals surface area (Å²) in [5, 5.41) is 0. The maximum absolute atomic E-state index is 5.46. The quantitative estimate of drug-likeness (QED) is 0.487. The van der Waals surface area contributed by atoms with E-state index in [1.807, 2.05) is 6.92 Å². The number of nitrogens with two attached hydrogens (primary N) is 1. The Kier molecular flexibility index (Phi) is 5.35. The molecular weight excluding hydrogens is 164 g/mol. The van der Waals surface area contributed by atoms with Crippen molar-refractivity contribution in [2.24, 2.45) is 11.8 Å². The lowest BCUT2D eigenvalue weighted by molar-refractivity contribution is 0.114. The van der Waals surface area contributed by atoms with Crippen molar-refractivity contribution in [3.8, 4) is 0 Å². The van der Waals surface area contributed by atoms with Crippen LogP contribution in [0.15, 0.2) is 0 Å². The monoisotopic (exact) mass is 186 g/mol. The third kappa shape index (κ3) is 4.07. The smallest absolute Gasteiger partial charge is 0.0633 e.